The zero-order chi connectivity index (χ0) is 18.8. The van der Waals surface area contributed by atoms with Crippen LogP contribution in [0.15, 0.2) is 97.1 Å². The van der Waals surface area contributed by atoms with E-state index in [4.69, 9.17) is 4.74 Å². The molecule has 1 aliphatic heterocycles. The van der Waals surface area contributed by atoms with Crippen LogP contribution in [0.3, 0.4) is 0 Å². The lowest BCUT2D eigenvalue weighted by Crippen LogP contribution is -2.38. The van der Waals surface area contributed by atoms with Gasteiger partial charge in [-0.25, -0.2) is 0 Å². The Morgan fingerprint density at radius 2 is 1.46 bits per heavy atom. The van der Waals surface area contributed by atoms with Gasteiger partial charge in [-0.3, -0.25) is 5.32 Å². The monoisotopic (exact) mass is 365 g/mol. The molecule has 5 rings (SSSR count). The van der Waals surface area contributed by atoms with Gasteiger partial charge in [0.05, 0.1) is 0 Å². The van der Waals surface area contributed by atoms with Gasteiger partial charge >= 0.3 is 0 Å². The molecule has 28 heavy (non-hydrogen) atoms. The van der Waals surface area contributed by atoms with Crippen molar-refractivity contribution in [2.75, 3.05) is 0 Å². The maximum Gasteiger partial charge on any atom is 0.151 e. The summed E-state index contributed by atoms with van der Waals surface area (Å²) >= 11 is 0. The van der Waals surface area contributed by atoms with Gasteiger partial charge in [-0.05, 0) is 28.0 Å². The first-order chi connectivity index (χ1) is 13.9. The lowest BCUT2D eigenvalue weighted by atomic mass is 9.83. The topological polar surface area (TPSA) is 21.3 Å². The highest BCUT2D eigenvalue weighted by atomic mass is 16.5. The molecule has 0 spiro atoms. The van der Waals surface area contributed by atoms with E-state index >= 15 is 0 Å². The standard InChI is InChI=1S/C26H23NO/c1-3-9-19(10-4-1)18-27-25-17-23(20-11-5-2-6-12-20)26-22-14-8-7-13-21(22)15-16-24(26)28-25/h1-16,23,25,27H,17-18H2/t23-,25+/m1/s1. The van der Waals surface area contributed by atoms with Crippen molar-refractivity contribution in [1.29, 1.82) is 0 Å². The lowest BCUT2D eigenvalue weighted by molar-refractivity contribution is 0.129. The highest BCUT2D eigenvalue weighted by molar-refractivity contribution is 5.89. The van der Waals surface area contributed by atoms with Gasteiger partial charge in [0, 0.05) is 24.4 Å². The molecule has 1 N–H and O–H groups in total. The van der Waals surface area contributed by atoms with Crippen LogP contribution in [0.25, 0.3) is 10.8 Å². The van der Waals surface area contributed by atoms with Crippen LogP contribution in [0.1, 0.15) is 29.0 Å². The van der Waals surface area contributed by atoms with Crippen molar-refractivity contribution >= 4 is 10.8 Å². The number of ether oxygens (including phenoxy) is 1. The Labute approximate surface area is 165 Å². The Morgan fingerprint density at radius 3 is 2.29 bits per heavy atom. The predicted molar refractivity (Wildman–Crippen MR) is 115 cm³/mol. The van der Waals surface area contributed by atoms with Crippen molar-refractivity contribution in [3.63, 3.8) is 0 Å². The average Bonchev–Trinajstić information content (AvgIpc) is 2.78. The normalized spacial score (nSPS) is 18.4. The minimum absolute atomic E-state index is 0.0147. The number of benzene rings is 4. The highest BCUT2D eigenvalue weighted by Crippen LogP contribution is 2.43. The largest absolute Gasteiger partial charge is 0.475 e. The van der Waals surface area contributed by atoms with Gasteiger partial charge in [-0.15, -0.1) is 0 Å². The van der Waals surface area contributed by atoms with Gasteiger partial charge in [0.1, 0.15) is 5.75 Å². The first kappa shape index (κ1) is 17.0. The number of hydrogen-bond acceptors (Lipinski definition) is 2. The minimum atomic E-state index is -0.0147. The Morgan fingerprint density at radius 1 is 0.750 bits per heavy atom. The predicted octanol–water partition coefficient (Wildman–Crippen LogP) is 5.87. The molecule has 0 unspecified atom stereocenters. The second-order valence-electron chi connectivity index (χ2n) is 7.37. The van der Waals surface area contributed by atoms with Crippen LogP contribution in [0.4, 0.5) is 0 Å². The van der Waals surface area contributed by atoms with Gasteiger partial charge in [0.2, 0.25) is 0 Å². The molecule has 0 aliphatic carbocycles. The van der Waals surface area contributed by atoms with Crippen LogP contribution in [0.2, 0.25) is 0 Å². The van der Waals surface area contributed by atoms with Gasteiger partial charge < -0.3 is 4.74 Å². The second-order valence-corrected chi connectivity index (χ2v) is 7.37. The van der Waals surface area contributed by atoms with Gasteiger partial charge in [-0.1, -0.05) is 91.0 Å². The second kappa shape index (κ2) is 7.49. The SMILES string of the molecule is c1ccc(CN[C@@H]2C[C@H](c3ccccc3)c3c(ccc4ccccc34)O2)cc1. The summed E-state index contributed by atoms with van der Waals surface area (Å²) in [6, 6.07) is 34.2. The Balaban J connectivity index is 1.52. The van der Waals surface area contributed by atoms with Gasteiger partial charge in [0.25, 0.3) is 0 Å². The molecule has 2 nitrogen and oxygen atoms in total. The number of nitrogens with one attached hydrogen (secondary N) is 1. The molecule has 0 bridgehead atoms. The summed E-state index contributed by atoms with van der Waals surface area (Å²) in [5, 5.41) is 6.16. The summed E-state index contributed by atoms with van der Waals surface area (Å²) in [5.74, 6) is 1.30. The van der Waals surface area contributed by atoms with Crippen LogP contribution in [-0.2, 0) is 6.54 Å². The van der Waals surface area contributed by atoms with E-state index in [1.807, 2.05) is 6.07 Å². The molecule has 138 valence electrons. The molecular weight excluding hydrogens is 342 g/mol. The zero-order valence-corrected chi connectivity index (χ0v) is 15.7. The fourth-order valence-corrected chi connectivity index (χ4v) is 4.21. The Kier molecular flexibility index (Phi) is 4.56. The van der Waals surface area contributed by atoms with Gasteiger partial charge in [0.15, 0.2) is 6.23 Å². The lowest BCUT2D eigenvalue weighted by Gasteiger charge is -2.34. The third-order valence-corrected chi connectivity index (χ3v) is 5.58. The van der Waals surface area contributed by atoms with Crippen molar-refractivity contribution in [2.45, 2.75) is 25.1 Å². The van der Waals surface area contributed by atoms with Crippen molar-refractivity contribution in [3.05, 3.63) is 114 Å². The van der Waals surface area contributed by atoms with Crippen LogP contribution in [-0.4, -0.2) is 6.23 Å². The van der Waals surface area contributed by atoms with Crippen LogP contribution >= 0.6 is 0 Å². The highest BCUT2D eigenvalue weighted by Gasteiger charge is 2.30. The third-order valence-electron chi connectivity index (χ3n) is 5.58. The van der Waals surface area contributed by atoms with Crippen LogP contribution < -0.4 is 10.1 Å². The van der Waals surface area contributed by atoms with Crippen LogP contribution in [0, 0.1) is 0 Å². The Bertz CT molecular complexity index is 1080. The molecular formula is C26H23NO. The molecule has 0 fully saturated rings. The fraction of sp³-hybridized carbons (Fsp3) is 0.154. The van der Waals surface area contributed by atoms with Gasteiger partial charge in [-0.2, -0.15) is 0 Å². The fourth-order valence-electron chi connectivity index (χ4n) is 4.21. The molecule has 1 heterocycles. The first-order valence-corrected chi connectivity index (χ1v) is 9.89. The minimum Gasteiger partial charge on any atom is -0.475 e. The van der Waals surface area contributed by atoms with Crippen molar-refractivity contribution < 1.29 is 4.74 Å². The van der Waals surface area contributed by atoms with E-state index in [1.54, 1.807) is 0 Å². The molecule has 1 aliphatic rings. The maximum atomic E-state index is 6.40. The molecule has 0 amide bonds. The molecule has 0 saturated heterocycles. The Hall–Kier alpha value is -3.10. The molecule has 0 radical (unpaired) electrons. The van der Waals surface area contributed by atoms with E-state index in [2.05, 4.69) is 96.3 Å². The van der Waals surface area contributed by atoms with Crippen LogP contribution in [0.5, 0.6) is 5.75 Å². The summed E-state index contributed by atoms with van der Waals surface area (Å²) < 4.78 is 6.40. The summed E-state index contributed by atoms with van der Waals surface area (Å²) in [4.78, 5) is 0. The summed E-state index contributed by atoms with van der Waals surface area (Å²) in [6.07, 6.45) is 0.900. The van der Waals surface area contributed by atoms with E-state index in [9.17, 15) is 0 Å². The summed E-state index contributed by atoms with van der Waals surface area (Å²) in [7, 11) is 0. The summed E-state index contributed by atoms with van der Waals surface area (Å²) in [5.41, 5.74) is 3.92. The van der Waals surface area contributed by atoms with E-state index < -0.39 is 0 Å². The number of fused-ring (bicyclic) bond motifs is 3. The average molecular weight is 365 g/mol. The van der Waals surface area contributed by atoms with E-state index in [1.165, 1.54) is 27.5 Å². The van der Waals surface area contributed by atoms with E-state index in [0.717, 1.165) is 18.7 Å². The first-order valence-electron chi connectivity index (χ1n) is 9.89. The molecule has 2 heteroatoms. The molecule has 0 aromatic heterocycles. The number of hydrogen-bond donors (Lipinski definition) is 1. The van der Waals surface area contributed by atoms with E-state index in [0.29, 0.717) is 5.92 Å². The molecule has 0 saturated carbocycles. The van der Waals surface area contributed by atoms with Crippen molar-refractivity contribution in [3.8, 4) is 5.75 Å². The third kappa shape index (κ3) is 3.28. The number of rotatable bonds is 4. The van der Waals surface area contributed by atoms with Crippen molar-refractivity contribution in [2.24, 2.45) is 0 Å². The maximum absolute atomic E-state index is 6.40. The quantitative estimate of drug-likeness (QED) is 0.488. The summed E-state index contributed by atoms with van der Waals surface area (Å²) in [6.45, 7) is 0.802. The molecule has 4 aromatic rings. The molecule has 4 aromatic carbocycles. The molecule has 2 atom stereocenters. The zero-order valence-electron chi connectivity index (χ0n) is 15.7. The smallest absolute Gasteiger partial charge is 0.151 e. The van der Waals surface area contributed by atoms with E-state index in [-0.39, 0.29) is 6.23 Å². The van der Waals surface area contributed by atoms with Crippen molar-refractivity contribution in [1.82, 2.24) is 5.32 Å².